The number of ketones is 1. The van der Waals surface area contributed by atoms with Gasteiger partial charge in [0.2, 0.25) is 0 Å². The standard InChI is InChI=1S/C33H54O/c1-21-27-25(13-11-17-30(27,5)6)15-19-32(21,9)23(3)29(34)24(4)33(10)20-16-26-14-12-18-31(7,8)28(26)22(33)2/h21-24H,11-20H2,1-10H3. The zero-order valence-corrected chi connectivity index (χ0v) is 24.3. The molecule has 0 N–H and O–H groups in total. The highest BCUT2D eigenvalue weighted by molar-refractivity contribution is 5.84. The van der Waals surface area contributed by atoms with Crippen molar-refractivity contribution in [3.63, 3.8) is 0 Å². The second-order valence-corrected chi connectivity index (χ2v) is 14.8. The lowest BCUT2D eigenvalue weighted by Gasteiger charge is -2.54. The number of rotatable bonds is 4. The molecule has 0 aromatic rings. The molecule has 4 aliphatic rings. The summed E-state index contributed by atoms with van der Waals surface area (Å²) in [7, 11) is 0. The number of allylic oxidation sites excluding steroid dienone is 4. The average molecular weight is 467 g/mol. The Morgan fingerprint density at radius 1 is 0.647 bits per heavy atom. The molecule has 0 aliphatic heterocycles. The van der Waals surface area contributed by atoms with Crippen LogP contribution in [0.2, 0.25) is 0 Å². The SMILES string of the molecule is CC(C(=O)C(C)C1(C)CCC2=C(C1C)C(C)(C)CCC2)C1(C)CCC2=C(C1C)C(C)(C)CCC2. The lowest BCUT2D eigenvalue weighted by Crippen LogP contribution is -2.49. The van der Waals surface area contributed by atoms with Crippen LogP contribution in [0.5, 0.6) is 0 Å². The van der Waals surface area contributed by atoms with E-state index < -0.39 is 0 Å². The van der Waals surface area contributed by atoms with Crippen molar-refractivity contribution < 1.29 is 4.79 Å². The van der Waals surface area contributed by atoms with Crippen molar-refractivity contribution in [1.29, 1.82) is 0 Å². The first-order chi connectivity index (χ1) is 15.7. The van der Waals surface area contributed by atoms with Gasteiger partial charge in [0, 0.05) is 11.8 Å². The Balaban J connectivity index is 1.61. The van der Waals surface area contributed by atoms with Gasteiger partial charge in [-0.1, -0.05) is 91.5 Å². The van der Waals surface area contributed by atoms with Crippen LogP contribution in [0.25, 0.3) is 0 Å². The molecule has 0 radical (unpaired) electrons. The molecule has 6 atom stereocenters. The summed E-state index contributed by atoms with van der Waals surface area (Å²) >= 11 is 0. The first kappa shape index (κ1) is 26.2. The van der Waals surface area contributed by atoms with Crippen molar-refractivity contribution in [2.45, 2.75) is 133 Å². The summed E-state index contributed by atoms with van der Waals surface area (Å²) in [6.07, 6.45) is 12.6. The van der Waals surface area contributed by atoms with E-state index >= 15 is 0 Å². The molecule has 0 amide bonds. The van der Waals surface area contributed by atoms with Gasteiger partial charge in [-0.2, -0.15) is 0 Å². The highest BCUT2D eigenvalue weighted by atomic mass is 16.1. The molecule has 0 aromatic heterocycles. The molecule has 0 saturated carbocycles. The maximum atomic E-state index is 14.4. The van der Waals surface area contributed by atoms with Crippen LogP contribution in [0.3, 0.4) is 0 Å². The van der Waals surface area contributed by atoms with Crippen LogP contribution < -0.4 is 0 Å². The van der Waals surface area contributed by atoms with E-state index in [1.165, 1.54) is 64.2 Å². The van der Waals surface area contributed by atoms with E-state index in [1.54, 1.807) is 22.3 Å². The number of hydrogen-bond donors (Lipinski definition) is 0. The topological polar surface area (TPSA) is 17.1 Å². The lowest BCUT2D eigenvalue weighted by atomic mass is 9.50. The summed E-state index contributed by atoms with van der Waals surface area (Å²) in [5.41, 5.74) is 7.64. The van der Waals surface area contributed by atoms with Gasteiger partial charge in [0.25, 0.3) is 0 Å². The summed E-state index contributed by atoms with van der Waals surface area (Å²) in [5.74, 6) is 1.77. The van der Waals surface area contributed by atoms with Gasteiger partial charge in [0.1, 0.15) is 5.78 Å². The van der Waals surface area contributed by atoms with Crippen LogP contribution in [0, 0.1) is 45.3 Å². The molecule has 4 aliphatic carbocycles. The summed E-state index contributed by atoms with van der Waals surface area (Å²) in [6, 6.07) is 0. The van der Waals surface area contributed by atoms with Crippen LogP contribution in [-0.4, -0.2) is 5.78 Å². The summed E-state index contributed by atoms with van der Waals surface area (Å²) in [4.78, 5) is 14.4. The normalized spacial score (nSPS) is 39.2. The molecular formula is C33H54O. The zero-order chi connectivity index (χ0) is 25.3. The molecule has 0 aromatic carbocycles. The Kier molecular flexibility index (Phi) is 6.65. The minimum atomic E-state index is 0.0710. The lowest BCUT2D eigenvalue weighted by molar-refractivity contribution is -0.137. The quantitative estimate of drug-likeness (QED) is 0.377. The van der Waals surface area contributed by atoms with Gasteiger partial charge in [0.15, 0.2) is 0 Å². The van der Waals surface area contributed by atoms with E-state index in [2.05, 4.69) is 69.2 Å². The zero-order valence-electron chi connectivity index (χ0n) is 24.3. The fourth-order valence-corrected chi connectivity index (χ4v) is 9.43. The number of Topliss-reactive ketones (excluding diaryl/α,β-unsaturated/α-hetero) is 1. The minimum Gasteiger partial charge on any atom is -0.299 e. The molecule has 0 heterocycles. The molecule has 0 fully saturated rings. The molecule has 0 saturated heterocycles. The van der Waals surface area contributed by atoms with Gasteiger partial charge >= 0.3 is 0 Å². The second kappa shape index (κ2) is 8.62. The van der Waals surface area contributed by atoms with Gasteiger partial charge in [-0.15, -0.1) is 0 Å². The molecule has 0 bridgehead atoms. The van der Waals surface area contributed by atoms with E-state index in [1.807, 2.05) is 0 Å². The summed E-state index contributed by atoms with van der Waals surface area (Å²) in [5, 5.41) is 0. The largest absolute Gasteiger partial charge is 0.299 e. The first-order valence-corrected chi connectivity index (χ1v) is 14.7. The van der Waals surface area contributed by atoms with Crippen LogP contribution in [0.15, 0.2) is 22.3 Å². The second-order valence-electron chi connectivity index (χ2n) is 14.8. The Morgan fingerprint density at radius 2 is 1.00 bits per heavy atom. The number of carbonyl (C=O) groups is 1. The maximum Gasteiger partial charge on any atom is 0.139 e. The molecule has 34 heavy (non-hydrogen) atoms. The number of carbonyl (C=O) groups excluding carboxylic acids is 1. The molecule has 1 nitrogen and oxygen atoms in total. The van der Waals surface area contributed by atoms with Gasteiger partial charge in [0.05, 0.1) is 0 Å². The van der Waals surface area contributed by atoms with Crippen molar-refractivity contribution in [2.75, 3.05) is 0 Å². The fraction of sp³-hybridized carbons (Fsp3) is 0.848. The Labute approximate surface area is 211 Å². The van der Waals surface area contributed by atoms with Crippen molar-refractivity contribution in [3.05, 3.63) is 22.3 Å². The van der Waals surface area contributed by atoms with Crippen LogP contribution >= 0.6 is 0 Å². The first-order valence-electron chi connectivity index (χ1n) is 14.7. The summed E-state index contributed by atoms with van der Waals surface area (Å²) in [6.45, 7) is 24.3. The highest BCUT2D eigenvalue weighted by Crippen LogP contribution is 2.60. The van der Waals surface area contributed by atoms with E-state index in [0.717, 1.165) is 0 Å². The van der Waals surface area contributed by atoms with Crippen LogP contribution in [0.1, 0.15) is 133 Å². The average Bonchev–Trinajstić information content (AvgIpc) is 2.76. The Hall–Kier alpha value is -0.850. The minimum absolute atomic E-state index is 0.0710. The maximum absolute atomic E-state index is 14.4. The predicted molar refractivity (Wildman–Crippen MR) is 146 cm³/mol. The third-order valence-electron chi connectivity index (χ3n) is 12.4. The third-order valence-corrected chi connectivity index (χ3v) is 12.4. The van der Waals surface area contributed by atoms with E-state index in [0.29, 0.717) is 28.4 Å². The molecule has 4 rings (SSSR count). The monoisotopic (exact) mass is 466 g/mol. The molecular weight excluding hydrogens is 412 g/mol. The van der Waals surface area contributed by atoms with E-state index in [4.69, 9.17) is 0 Å². The Bertz CT molecular complexity index is 826. The highest BCUT2D eigenvalue weighted by Gasteiger charge is 2.53. The van der Waals surface area contributed by atoms with Crippen molar-refractivity contribution >= 4 is 5.78 Å². The van der Waals surface area contributed by atoms with Crippen LogP contribution in [0.4, 0.5) is 0 Å². The number of hydrogen-bond acceptors (Lipinski definition) is 1. The molecule has 192 valence electrons. The van der Waals surface area contributed by atoms with Crippen LogP contribution in [-0.2, 0) is 4.79 Å². The van der Waals surface area contributed by atoms with Crippen molar-refractivity contribution in [3.8, 4) is 0 Å². The third kappa shape index (κ3) is 3.91. The molecule has 0 spiro atoms. The predicted octanol–water partition coefficient (Wildman–Crippen LogP) is 9.71. The van der Waals surface area contributed by atoms with Gasteiger partial charge < -0.3 is 0 Å². The molecule has 6 unspecified atom stereocenters. The van der Waals surface area contributed by atoms with E-state index in [9.17, 15) is 4.79 Å². The Morgan fingerprint density at radius 3 is 1.35 bits per heavy atom. The van der Waals surface area contributed by atoms with E-state index in [-0.39, 0.29) is 22.7 Å². The fourth-order valence-electron chi connectivity index (χ4n) is 9.43. The van der Waals surface area contributed by atoms with Crippen molar-refractivity contribution in [1.82, 2.24) is 0 Å². The van der Waals surface area contributed by atoms with Gasteiger partial charge in [-0.25, -0.2) is 0 Å². The van der Waals surface area contributed by atoms with Gasteiger partial charge in [-0.05, 0) is 97.7 Å². The smallest absolute Gasteiger partial charge is 0.139 e. The molecule has 1 heteroatoms. The summed E-state index contributed by atoms with van der Waals surface area (Å²) < 4.78 is 0. The van der Waals surface area contributed by atoms with Gasteiger partial charge in [-0.3, -0.25) is 4.79 Å². The van der Waals surface area contributed by atoms with Crippen molar-refractivity contribution in [2.24, 2.45) is 45.3 Å².